The van der Waals surface area contributed by atoms with E-state index < -0.39 is 5.91 Å². The highest BCUT2D eigenvalue weighted by atomic mass is 16.5. The summed E-state index contributed by atoms with van der Waals surface area (Å²) in [5.41, 5.74) is 3.93. The molecular formula is C17H22N2O2. The molecule has 1 heterocycles. The molecule has 1 atom stereocenters. The second-order valence-electron chi connectivity index (χ2n) is 6.07. The fourth-order valence-electron chi connectivity index (χ4n) is 3.09. The van der Waals surface area contributed by atoms with Gasteiger partial charge < -0.3 is 0 Å². The van der Waals surface area contributed by atoms with Gasteiger partial charge in [0.05, 0.1) is 0 Å². The molecule has 1 saturated heterocycles. The van der Waals surface area contributed by atoms with Crippen LogP contribution < -0.4 is 5.48 Å². The molecule has 1 aliphatic carbocycles. The Labute approximate surface area is 125 Å². The quantitative estimate of drug-likeness (QED) is 0.497. The predicted octanol–water partition coefficient (Wildman–Crippen LogP) is 2.75. The van der Waals surface area contributed by atoms with Crippen LogP contribution in [-0.4, -0.2) is 29.1 Å². The minimum atomic E-state index is -0.509. The van der Waals surface area contributed by atoms with E-state index in [2.05, 4.69) is 17.0 Å². The molecule has 4 nitrogen and oxygen atoms in total. The second kappa shape index (κ2) is 6.41. The van der Waals surface area contributed by atoms with Crippen LogP contribution in [0.1, 0.15) is 42.9 Å². The third-order valence-electron chi connectivity index (χ3n) is 4.41. The number of rotatable bonds is 5. The SMILES string of the molecule is O=C(C=Cc1ccc(C2CCCN2CC2CC2)cc1)NO. The van der Waals surface area contributed by atoms with Gasteiger partial charge in [0.1, 0.15) is 0 Å². The zero-order valence-corrected chi connectivity index (χ0v) is 12.2. The van der Waals surface area contributed by atoms with E-state index in [9.17, 15) is 4.79 Å². The normalized spacial score (nSPS) is 22.8. The van der Waals surface area contributed by atoms with Crippen LogP contribution in [0.25, 0.3) is 6.08 Å². The fraction of sp³-hybridized carbons (Fsp3) is 0.471. The van der Waals surface area contributed by atoms with Gasteiger partial charge in [0, 0.05) is 18.7 Å². The Bertz CT molecular complexity index is 520. The van der Waals surface area contributed by atoms with Crippen molar-refractivity contribution in [2.75, 3.05) is 13.1 Å². The van der Waals surface area contributed by atoms with Gasteiger partial charge in [-0.25, -0.2) is 5.48 Å². The molecular weight excluding hydrogens is 264 g/mol. The summed E-state index contributed by atoms with van der Waals surface area (Å²) in [5.74, 6) is 0.426. The van der Waals surface area contributed by atoms with Gasteiger partial charge in [0.2, 0.25) is 0 Å². The Morgan fingerprint density at radius 3 is 2.71 bits per heavy atom. The van der Waals surface area contributed by atoms with Crippen molar-refractivity contribution in [1.82, 2.24) is 10.4 Å². The Morgan fingerprint density at radius 2 is 2.05 bits per heavy atom. The van der Waals surface area contributed by atoms with E-state index in [0.29, 0.717) is 6.04 Å². The molecule has 1 amide bonds. The lowest BCUT2D eigenvalue weighted by atomic mass is 10.0. The molecule has 4 heteroatoms. The highest BCUT2D eigenvalue weighted by Gasteiger charge is 2.31. The van der Waals surface area contributed by atoms with Crippen molar-refractivity contribution in [2.24, 2.45) is 5.92 Å². The molecule has 1 aromatic carbocycles. The van der Waals surface area contributed by atoms with Crippen molar-refractivity contribution < 1.29 is 10.0 Å². The van der Waals surface area contributed by atoms with Crippen LogP contribution in [0.3, 0.4) is 0 Å². The van der Waals surface area contributed by atoms with Gasteiger partial charge in [-0.15, -0.1) is 0 Å². The van der Waals surface area contributed by atoms with Crippen LogP contribution in [0.4, 0.5) is 0 Å². The molecule has 0 spiro atoms. The van der Waals surface area contributed by atoms with Gasteiger partial charge in [0.25, 0.3) is 5.91 Å². The lowest BCUT2D eigenvalue weighted by Gasteiger charge is -2.24. The van der Waals surface area contributed by atoms with Gasteiger partial charge in [0.15, 0.2) is 0 Å². The van der Waals surface area contributed by atoms with Crippen molar-refractivity contribution in [3.63, 3.8) is 0 Å². The molecule has 1 aliphatic heterocycles. The third kappa shape index (κ3) is 3.71. The van der Waals surface area contributed by atoms with Gasteiger partial charge in [-0.05, 0) is 55.3 Å². The first-order valence-corrected chi connectivity index (χ1v) is 7.72. The molecule has 0 aromatic heterocycles. The maximum absolute atomic E-state index is 11.0. The van der Waals surface area contributed by atoms with E-state index in [1.165, 1.54) is 50.4 Å². The van der Waals surface area contributed by atoms with Gasteiger partial charge >= 0.3 is 0 Å². The zero-order valence-electron chi connectivity index (χ0n) is 12.2. The first-order valence-electron chi connectivity index (χ1n) is 7.72. The maximum Gasteiger partial charge on any atom is 0.267 e. The number of amides is 1. The molecule has 2 N–H and O–H groups in total. The maximum atomic E-state index is 11.0. The number of carbonyl (C=O) groups excluding carboxylic acids is 1. The third-order valence-corrected chi connectivity index (χ3v) is 4.41. The molecule has 1 aromatic rings. The number of nitrogens with one attached hydrogen (secondary N) is 1. The number of hydroxylamine groups is 1. The van der Waals surface area contributed by atoms with Crippen LogP contribution >= 0.6 is 0 Å². The highest BCUT2D eigenvalue weighted by Crippen LogP contribution is 2.37. The molecule has 1 unspecified atom stereocenters. The number of carbonyl (C=O) groups is 1. The minimum absolute atomic E-state index is 0.509. The smallest absolute Gasteiger partial charge is 0.267 e. The van der Waals surface area contributed by atoms with E-state index in [-0.39, 0.29) is 0 Å². The summed E-state index contributed by atoms with van der Waals surface area (Å²) in [6.07, 6.45) is 8.36. The molecule has 1 saturated carbocycles. The van der Waals surface area contributed by atoms with Crippen molar-refractivity contribution in [1.29, 1.82) is 0 Å². The summed E-state index contributed by atoms with van der Waals surface area (Å²) in [6.45, 7) is 2.47. The van der Waals surface area contributed by atoms with Gasteiger partial charge in [-0.3, -0.25) is 14.9 Å². The van der Waals surface area contributed by atoms with Gasteiger partial charge in [-0.2, -0.15) is 0 Å². The van der Waals surface area contributed by atoms with Gasteiger partial charge in [-0.1, -0.05) is 24.3 Å². The van der Waals surface area contributed by atoms with Crippen LogP contribution in [0.5, 0.6) is 0 Å². The number of likely N-dealkylation sites (tertiary alicyclic amines) is 1. The Morgan fingerprint density at radius 1 is 1.29 bits per heavy atom. The number of hydrogen-bond acceptors (Lipinski definition) is 3. The summed E-state index contributed by atoms with van der Waals surface area (Å²) in [7, 11) is 0. The second-order valence-corrected chi connectivity index (χ2v) is 6.07. The first kappa shape index (κ1) is 14.3. The van der Waals surface area contributed by atoms with E-state index in [1.54, 1.807) is 11.6 Å². The zero-order chi connectivity index (χ0) is 14.7. The molecule has 2 aliphatic rings. The minimum Gasteiger partial charge on any atom is -0.296 e. The largest absolute Gasteiger partial charge is 0.296 e. The van der Waals surface area contributed by atoms with Crippen LogP contribution in [0.15, 0.2) is 30.3 Å². The Hall–Kier alpha value is -1.65. The van der Waals surface area contributed by atoms with Crippen molar-refractivity contribution >= 4 is 12.0 Å². The van der Waals surface area contributed by atoms with Crippen molar-refractivity contribution in [2.45, 2.75) is 31.7 Å². The number of nitrogens with zero attached hydrogens (tertiary/aromatic N) is 1. The lowest BCUT2D eigenvalue weighted by molar-refractivity contribution is -0.124. The lowest BCUT2D eigenvalue weighted by Crippen LogP contribution is -2.25. The topological polar surface area (TPSA) is 52.6 Å². The van der Waals surface area contributed by atoms with Crippen molar-refractivity contribution in [3.05, 3.63) is 41.5 Å². The fourth-order valence-corrected chi connectivity index (χ4v) is 3.09. The van der Waals surface area contributed by atoms with E-state index in [4.69, 9.17) is 5.21 Å². The summed E-state index contributed by atoms with van der Waals surface area (Å²) in [4.78, 5) is 13.6. The van der Waals surface area contributed by atoms with E-state index >= 15 is 0 Å². The average Bonchev–Trinajstić information content (AvgIpc) is 3.21. The van der Waals surface area contributed by atoms with Crippen LogP contribution in [-0.2, 0) is 4.79 Å². The number of benzene rings is 1. The Kier molecular flexibility index (Phi) is 4.36. The van der Waals surface area contributed by atoms with E-state index in [1.807, 2.05) is 12.1 Å². The monoisotopic (exact) mass is 286 g/mol. The summed E-state index contributed by atoms with van der Waals surface area (Å²) >= 11 is 0. The summed E-state index contributed by atoms with van der Waals surface area (Å²) < 4.78 is 0. The predicted molar refractivity (Wildman–Crippen MR) is 81.7 cm³/mol. The van der Waals surface area contributed by atoms with Crippen molar-refractivity contribution in [3.8, 4) is 0 Å². The molecule has 2 fully saturated rings. The number of hydrogen-bond donors (Lipinski definition) is 2. The standard InChI is InChI=1S/C17H22N2O2/c20-17(18-21)10-7-13-5-8-15(9-6-13)16-2-1-11-19(16)12-14-3-4-14/h5-10,14,16,21H,1-4,11-12H2,(H,18,20). The first-order chi connectivity index (χ1) is 10.3. The van der Waals surface area contributed by atoms with E-state index in [0.717, 1.165) is 11.5 Å². The molecule has 3 rings (SSSR count). The summed E-state index contributed by atoms with van der Waals surface area (Å²) in [6, 6.07) is 8.94. The summed E-state index contributed by atoms with van der Waals surface area (Å²) in [5, 5.41) is 8.45. The molecule has 0 bridgehead atoms. The molecule has 112 valence electrons. The molecule has 0 radical (unpaired) electrons. The van der Waals surface area contributed by atoms with Crippen LogP contribution in [0.2, 0.25) is 0 Å². The average molecular weight is 286 g/mol. The Balaban J connectivity index is 1.65. The molecule has 21 heavy (non-hydrogen) atoms. The highest BCUT2D eigenvalue weighted by molar-refractivity contribution is 5.90. The van der Waals surface area contributed by atoms with Crippen LogP contribution in [0, 0.1) is 5.92 Å².